The molecule has 0 fully saturated rings. The lowest BCUT2D eigenvalue weighted by atomic mass is 9.93. The third kappa shape index (κ3) is 4.13. The van der Waals surface area contributed by atoms with E-state index in [0.717, 1.165) is 32.7 Å². The minimum atomic E-state index is 0.174. The maximum Gasteiger partial charge on any atom is 0.0524 e. The van der Waals surface area contributed by atoms with Crippen molar-refractivity contribution in [1.29, 1.82) is 0 Å². The molecular weight excluding hydrogens is 212 g/mol. The highest BCUT2D eigenvalue weighted by atomic mass is 15.3. The molecule has 0 aliphatic carbocycles. The molecule has 4 heteroatoms. The average molecular weight is 238 g/mol. The van der Waals surface area contributed by atoms with Crippen LogP contribution in [0.1, 0.15) is 33.4 Å². The van der Waals surface area contributed by atoms with Crippen LogP contribution in [0.4, 0.5) is 0 Å². The Morgan fingerprint density at radius 2 is 2.12 bits per heavy atom. The van der Waals surface area contributed by atoms with Gasteiger partial charge in [0.15, 0.2) is 0 Å². The lowest BCUT2D eigenvalue weighted by Gasteiger charge is -2.31. The Labute approximate surface area is 105 Å². The SMILES string of the molecule is CCN(Cc1ccnn1CC)CC(C)(C)CN. The molecule has 1 aromatic heterocycles. The fourth-order valence-corrected chi connectivity index (χ4v) is 1.96. The molecule has 0 unspecified atom stereocenters. The van der Waals surface area contributed by atoms with Crippen molar-refractivity contribution in [3.8, 4) is 0 Å². The Bertz CT molecular complexity index is 330. The van der Waals surface area contributed by atoms with Crippen LogP contribution in [-0.2, 0) is 13.1 Å². The molecule has 0 bridgehead atoms. The number of nitrogens with two attached hydrogens (primary N) is 1. The van der Waals surface area contributed by atoms with Gasteiger partial charge in [0.2, 0.25) is 0 Å². The van der Waals surface area contributed by atoms with Gasteiger partial charge in [0.25, 0.3) is 0 Å². The Kier molecular flexibility index (Phi) is 5.15. The summed E-state index contributed by atoms with van der Waals surface area (Å²) in [6, 6.07) is 2.10. The molecule has 1 rings (SSSR count). The zero-order chi connectivity index (χ0) is 12.9. The van der Waals surface area contributed by atoms with E-state index in [4.69, 9.17) is 5.73 Å². The van der Waals surface area contributed by atoms with Gasteiger partial charge in [-0.05, 0) is 31.5 Å². The summed E-state index contributed by atoms with van der Waals surface area (Å²) in [5.74, 6) is 0. The second-order valence-electron chi connectivity index (χ2n) is 5.31. The van der Waals surface area contributed by atoms with Crippen molar-refractivity contribution < 1.29 is 0 Å². The highest BCUT2D eigenvalue weighted by Crippen LogP contribution is 2.16. The van der Waals surface area contributed by atoms with Crippen molar-refractivity contribution in [3.63, 3.8) is 0 Å². The topological polar surface area (TPSA) is 47.1 Å². The second-order valence-corrected chi connectivity index (χ2v) is 5.31. The van der Waals surface area contributed by atoms with E-state index in [1.165, 1.54) is 5.69 Å². The first-order chi connectivity index (χ1) is 8.02. The van der Waals surface area contributed by atoms with E-state index in [1.54, 1.807) is 0 Å². The van der Waals surface area contributed by atoms with Crippen LogP contribution in [0, 0.1) is 5.41 Å². The van der Waals surface area contributed by atoms with Crippen LogP contribution >= 0.6 is 0 Å². The molecule has 0 saturated heterocycles. The van der Waals surface area contributed by atoms with E-state index in [1.807, 2.05) is 6.20 Å². The summed E-state index contributed by atoms with van der Waals surface area (Å²) in [5, 5.41) is 4.30. The lowest BCUT2D eigenvalue weighted by molar-refractivity contribution is 0.179. The minimum absolute atomic E-state index is 0.174. The van der Waals surface area contributed by atoms with Crippen molar-refractivity contribution in [2.75, 3.05) is 19.6 Å². The lowest BCUT2D eigenvalue weighted by Crippen LogP contribution is -2.38. The zero-order valence-electron chi connectivity index (χ0n) is 11.6. The quantitative estimate of drug-likeness (QED) is 0.786. The minimum Gasteiger partial charge on any atom is -0.330 e. The third-order valence-electron chi connectivity index (χ3n) is 3.14. The summed E-state index contributed by atoms with van der Waals surface area (Å²) in [6.07, 6.45) is 1.88. The van der Waals surface area contributed by atoms with Crippen LogP contribution in [-0.4, -0.2) is 34.3 Å². The number of aryl methyl sites for hydroxylation is 1. The number of aromatic nitrogens is 2. The van der Waals surface area contributed by atoms with Gasteiger partial charge in [0, 0.05) is 25.8 Å². The van der Waals surface area contributed by atoms with Gasteiger partial charge in [-0.2, -0.15) is 5.10 Å². The Morgan fingerprint density at radius 3 is 2.65 bits per heavy atom. The smallest absolute Gasteiger partial charge is 0.0524 e. The van der Waals surface area contributed by atoms with Gasteiger partial charge in [0.1, 0.15) is 0 Å². The van der Waals surface area contributed by atoms with Crippen LogP contribution in [0.15, 0.2) is 12.3 Å². The maximum atomic E-state index is 5.79. The van der Waals surface area contributed by atoms with Crippen molar-refractivity contribution in [2.24, 2.45) is 11.1 Å². The van der Waals surface area contributed by atoms with Gasteiger partial charge in [-0.3, -0.25) is 9.58 Å². The largest absolute Gasteiger partial charge is 0.330 e. The van der Waals surface area contributed by atoms with Crippen molar-refractivity contribution >= 4 is 0 Å². The normalized spacial score (nSPS) is 12.4. The molecule has 0 amide bonds. The molecule has 0 saturated carbocycles. The number of nitrogens with zero attached hydrogens (tertiary/aromatic N) is 3. The molecule has 0 aliphatic heterocycles. The number of hydrogen-bond donors (Lipinski definition) is 1. The molecule has 2 N–H and O–H groups in total. The van der Waals surface area contributed by atoms with Crippen molar-refractivity contribution in [1.82, 2.24) is 14.7 Å². The Morgan fingerprint density at radius 1 is 1.41 bits per heavy atom. The van der Waals surface area contributed by atoms with Crippen molar-refractivity contribution in [3.05, 3.63) is 18.0 Å². The summed E-state index contributed by atoms with van der Waals surface area (Å²) >= 11 is 0. The van der Waals surface area contributed by atoms with Gasteiger partial charge in [-0.25, -0.2) is 0 Å². The van der Waals surface area contributed by atoms with Gasteiger partial charge in [-0.15, -0.1) is 0 Å². The molecule has 0 aliphatic rings. The van der Waals surface area contributed by atoms with Crippen LogP contribution in [0.2, 0.25) is 0 Å². The fraction of sp³-hybridized carbons (Fsp3) is 0.769. The van der Waals surface area contributed by atoms with Crippen LogP contribution in [0.5, 0.6) is 0 Å². The van der Waals surface area contributed by atoms with E-state index in [9.17, 15) is 0 Å². The summed E-state index contributed by atoms with van der Waals surface area (Å²) < 4.78 is 2.05. The van der Waals surface area contributed by atoms with E-state index < -0.39 is 0 Å². The summed E-state index contributed by atoms with van der Waals surface area (Å²) in [6.45, 7) is 13.4. The first-order valence-electron chi connectivity index (χ1n) is 6.45. The van der Waals surface area contributed by atoms with Crippen LogP contribution in [0.25, 0.3) is 0 Å². The molecule has 1 aromatic rings. The monoisotopic (exact) mass is 238 g/mol. The number of rotatable bonds is 7. The van der Waals surface area contributed by atoms with E-state index in [-0.39, 0.29) is 5.41 Å². The summed E-state index contributed by atoms with van der Waals surface area (Å²) in [4.78, 5) is 2.43. The van der Waals surface area contributed by atoms with Crippen molar-refractivity contribution in [2.45, 2.75) is 40.8 Å². The van der Waals surface area contributed by atoms with Crippen LogP contribution in [0.3, 0.4) is 0 Å². The highest BCUT2D eigenvalue weighted by Gasteiger charge is 2.20. The highest BCUT2D eigenvalue weighted by molar-refractivity contribution is 5.00. The first kappa shape index (κ1) is 14.2. The molecule has 4 nitrogen and oxygen atoms in total. The van der Waals surface area contributed by atoms with Crippen LogP contribution < -0.4 is 5.73 Å². The first-order valence-corrected chi connectivity index (χ1v) is 6.45. The molecule has 0 aromatic carbocycles. The van der Waals surface area contributed by atoms with E-state index in [2.05, 4.69) is 48.4 Å². The van der Waals surface area contributed by atoms with Gasteiger partial charge in [0.05, 0.1) is 5.69 Å². The molecule has 0 atom stereocenters. The number of hydrogen-bond acceptors (Lipinski definition) is 3. The van der Waals surface area contributed by atoms with Gasteiger partial charge < -0.3 is 5.73 Å². The molecule has 0 radical (unpaired) electrons. The molecular formula is C13H26N4. The molecule has 1 heterocycles. The molecule has 98 valence electrons. The van der Waals surface area contributed by atoms with Gasteiger partial charge >= 0.3 is 0 Å². The predicted molar refractivity (Wildman–Crippen MR) is 71.7 cm³/mol. The fourth-order valence-electron chi connectivity index (χ4n) is 1.96. The van der Waals surface area contributed by atoms with E-state index in [0.29, 0.717) is 0 Å². The van der Waals surface area contributed by atoms with Gasteiger partial charge in [-0.1, -0.05) is 20.8 Å². The predicted octanol–water partition coefficient (Wildman–Crippen LogP) is 1.71. The zero-order valence-corrected chi connectivity index (χ0v) is 11.6. The summed E-state index contributed by atoms with van der Waals surface area (Å²) in [7, 11) is 0. The standard InChI is InChI=1S/C13H26N4/c1-5-16(11-13(3,4)10-14)9-12-7-8-15-17(12)6-2/h7-8H,5-6,9-11,14H2,1-4H3. The summed E-state index contributed by atoms with van der Waals surface area (Å²) in [5.41, 5.74) is 7.25. The Hall–Kier alpha value is -0.870. The molecule has 17 heavy (non-hydrogen) atoms. The average Bonchev–Trinajstić information content (AvgIpc) is 2.75. The maximum absolute atomic E-state index is 5.79. The van der Waals surface area contributed by atoms with E-state index >= 15 is 0 Å². The molecule has 0 spiro atoms. The Balaban J connectivity index is 2.64. The third-order valence-corrected chi connectivity index (χ3v) is 3.14. The second kappa shape index (κ2) is 6.17.